The van der Waals surface area contributed by atoms with Crippen molar-refractivity contribution in [3.63, 3.8) is 0 Å². The Hall–Kier alpha value is -1.30. The average Bonchev–Trinajstić information content (AvgIpc) is 2.91. The number of hydrogen-bond acceptors (Lipinski definition) is 2. The van der Waals surface area contributed by atoms with E-state index in [1.165, 1.54) is 25.0 Å². The van der Waals surface area contributed by atoms with Gasteiger partial charge < -0.3 is 11.1 Å². The maximum absolute atomic E-state index is 12.9. The van der Waals surface area contributed by atoms with Gasteiger partial charge in [0.2, 0.25) is 0 Å². The number of benzene rings is 1. The summed E-state index contributed by atoms with van der Waals surface area (Å²) >= 11 is 4.75. The molecule has 0 amide bonds. The molecule has 1 aromatic rings. The molecule has 2 rings (SSSR count). The van der Waals surface area contributed by atoms with Crippen LogP contribution in [0, 0.1) is 5.92 Å². The smallest absolute Gasteiger partial charge is 0.389 e. The predicted octanol–water partition coefficient (Wildman–Crippen LogP) is 4.33. The topological polar surface area (TPSA) is 38.0 Å². The second-order valence-electron chi connectivity index (χ2n) is 5.60. The standard InChI is InChI=1S/C15H19F3N2S/c1-9(10-4-2-3-5-10)20-11-6-7-13(15(16,17)18)12(8-11)14(19)21/h6-10,20H,2-5H2,1H3,(H2,19,21). The van der Waals surface area contributed by atoms with Gasteiger partial charge in [0.05, 0.1) is 5.56 Å². The molecule has 0 aromatic heterocycles. The van der Waals surface area contributed by atoms with E-state index < -0.39 is 11.7 Å². The minimum Gasteiger partial charge on any atom is -0.389 e. The Morgan fingerprint density at radius 3 is 2.48 bits per heavy atom. The quantitative estimate of drug-likeness (QED) is 0.812. The van der Waals surface area contributed by atoms with Crippen LogP contribution >= 0.6 is 12.2 Å². The molecule has 6 heteroatoms. The van der Waals surface area contributed by atoms with Crippen molar-refractivity contribution in [2.45, 2.75) is 44.8 Å². The van der Waals surface area contributed by atoms with Crippen LogP contribution in [-0.2, 0) is 6.18 Å². The summed E-state index contributed by atoms with van der Waals surface area (Å²) in [5, 5.41) is 3.28. The zero-order valence-electron chi connectivity index (χ0n) is 11.8. The van der Waals surface area contributed by atoms with Gasteiger partial charge in [0.25, 0.3) is 0 Å². The summed E-state index contributed by atoms with van der Waals surface area (Å²) in [6.07, 6.45) is 0.325. The van der Waals surface area contributed by atoms with Crippen LogP contribution < -0.4 is 11.1 Å². The number of anilines is 1. The minimum atomic E-state index is -4.45. The molecule has 2 nitrogen and oxygen atoms in total. The van der Waals surface area contributed by atoms with Crippen molar-refractivity contribution in [3.05, 3.63) is 29.3 Å². The molecule has 0 spiro atoms. The lowest BCUT2D eigenvalue weighted by molar-refractivity contribution is -0.137. The van der Waals surface area contributed by atoms with Crippen LogP contribution in [0.3, 0.4) is 0 Å². The van der Waals surface area contributed by atoms with Crippen molar-refractivity contribution in [2.75, 3.05) is 5.32 Å². The van der Waals surface area contributed by atoms with Crippen LogP contribution in [0.15, 0.2) is 18.2 Å². The number of thiocarbonyl (C=S) groups is 1. The highest BCUT2D eigenvalue weighted by Crippen LogP contribution is 2.34. The first-order valence-electron chi connectivity index (χ1n) is 7.06. The van der Waals surface area contributed by atoms with Crippen LogP contribution in [0.1, 0.15) is 43.7 Å². The zero-order chi connectivity index (χ0) is 15.6. The summed E-state index contributed by atoms with van der Waals surface area (Å²) in [7, 11) is 0. The molecule has 1 saturated carbocycles. The van der Waals surface area contributed by atoms with Gasteiger partial charge in [0, 0.05) is 17.3 Å². The highest BCUT2D eigenvalue weighted by Gasteiger charge is 2.34. The molecule has 1 aromatic carbocycles. The molecular formula is C15H19F3N2S. The number of alkyl halides is 3. The molecule has 0 saturated heterocycles. The van der Waals surface area contributed by atoms with E-state index in [4.69, 9.17) is 18.0 Å². The Kier molecular flexibility index (Phi) is 4.76. The summed E-state index contributed by atoms with van der Waals surface area (Å²) in [4.78, 5) is -0.237. The van der Waals surface area contributed by atoms with Crippen LogP contribution in [-0.4, -0.2) is 11.0 Å². The molecular weight excluding hydrogens is 297 g/mol. The number of rotatable bonds is 4. The van der Waals surface area contributed by atoms with E-state index in [1.807, 2.05) is 0 Å². The molecule has 0 aliphatic heterocycles. The van der Waals surface area contributed by atoms with Gasteiger partial charge in [0.1, 0.15) is 4.99 Å². The first kappa shape index (κ1) is 16.1. The van der Waals surface area contributed by atoms with Crippen molar-refractivity contribution in [1.82, 2.24) is 0 Å². The normalized spacial score (nSPS) is 17.7. The Bertz CT molecular complexity index is 522. The first-order chi connectivity index (χ1) is 9.79. The van der Waals surface area contributed by atoms with Crippen LogP contribution in [0.4, 0.5) is 18.9 Å². The third-order valence-electron chi connectivity index (χ3n) is 4.09. The molecule has 0 radical (unpaired) electrons. The second-order valence-corrected chi connectivity index (χ2v) is 6.04. The Balaban J connectivity index is 2.21. The molecule has 3 N–H and O–H groups in total. The largest absolute Gasteiger partial charge is 0.417 e. The fourth-order valence-corrected chi connectivity index (χ4v) is 3.09. The molecule has 21 heavy (non-hydrogen) atoms. The molecule has 116 valence electrons. The molecule has 1 unspecified atom stereocenters. The maximum Gasteiger partial charge on any atom is 0.417 e. The van der Waals surface area contributed by atoms with E-state index in [2.05, 4.69) is 12.2 Å². The third-order valence-corrected chi connectivity index (χ3v) is 4.31. The Morgan fingerprint density at radius 1 is 1.33 bits per heavy atom. The highest BCUT2D eigenvalue weighted by molar-refractivity contribution is 7.80. The van der Waals surface area contributed by atoms with Crippen molar-refractivity contribution < 1.29 is 13.2 Å². The van der Waals surface area contributed by atoms with Crippen molar-refractivity contribution in [3.8, 4) is 0 Å². The number of halogens is 3. The fourth-order valence-electron chi connectivity index (χ4n) is 2.92. The lowest BCUT2D eigenvalue weighted by atomic mass is 9.99. The summed E-state index contributed by atoms with van der Waals surface area (Å²) < 4.78 is 38.7. The van der Waals surface area contributed by atoms with Crippen molar-refractivity contribution in [1.29, 1.82) is 0 Å². The molecule has 0 heterocycles. The average molecular weight is 316 g/mol. The molecule has 1 atom stereocenters. The second kappa shape index (κ2) is 6.22. The van der Waals surface area contributed by atoms with Gasteiger partial charge >= 0.3 is 6.18 Å². The van der Waals surface area contributed by atoms with E-state index in [0.717, 1.165) is 18.9 Å². The number of hydrogen-bond donors (Lipinski definition) is 2. The lowest BCUT2D eigenvalue weighted by Gasteiger charge is -2.22. The maximum atomic E-state index is 12.9. The summed E-state index contributed by atoms with van der Waals surface area (Å²) in [5.74, 6) is 0.570. The van der Waals surface area contributed by atoms with Gasteiger partial charge in [0.15, 0.2) is 0 Å². The zero-order valence-corrected chi connectivity index (χ0v) is 12.7. The van der Waals surface area contributed by atoms with Crippen molar-refractivity contribution in [2.24, 2.45) is 11.7 Å². The number of nitrogens with two attached hydrogens (primary N) is 1. The predicted molar refractivity (Wildman–Crippen MR) is 82.4 cm³/mol. The van der Waals surface area contributed by atoms with Gasteiger partial charge in [-0.1, -0.05) is 25.1 Å². The van der Waals surface area contributed by atoms with Gasteiger partial charge in [-0.2, -0.15) is 13.2 Å². The SMILES string of the molecule is CC(Nc1ccc(C(F)(F)F)c(C(N)=S)c1)C1CCCC1. The summed E-state index contributed by atoms with van der Waals surface area (Å²) in [6.45, 7) is 2.06. The molecule has 1 fully saturated rings. The first-order valence-corrected chi connectivity index (χ1v) is 7.47. The fraction of sp³-hybridized carbons (Fsp3) is 0.533. The van der Waals surface area contributed by atoms with Crippen molar-refractivity contribution >= 4 is 22.9 Å². The highest BCUT2D eigenvalue weighted by atomic mass is 32.1. The lowest BCUT2D eigenvalue weighted by Crippen LogP contribution is -2.24. The third kappa shape index (κ3) is 3.87. The van der Waals surface area contributed by atoms with E-state index in [-0.39, 0.29) is 16.6 Å². The monoisotopic (exact) mass is 316 g/mol. The van der Waals surface area contributed by atoms with E-state index in [9.17, 15) is 13.2 Å². The Labute approximate surface area is 127 Å². The molecule has 1 aliphatic carbocycles. The van der Waals surface area contributed by atoms with Gasteiger partial charge in [-0.05, 0) is 43.9 Å². The number of nitrogens with one attached hydrogen (secondary N) is 1. The minimum absolute atomic E-state index is 0.124. The van der Waals surface area contributed by atoms with Crippen LogP contribution in [0.2, 0.25) is 0 Å². The molecule has 0 bridgehead atoms. The van der Waals surface area contributed by atoms with Crippen LogP contribution in [0.25, 0.3) is 0 Å². The van der Waals surface area contributed by atoms with E-state index in [0.29, 0.717) is 11.6 Å². The van der Waals surface area contributed by atoms with E-state index >= 15 is 0 Å². The van der Waals surface area contributed by atoms with E-state index in [1.54, 1.807) is 0 Å². The summed E-state index contributed by atoms with van der Waals surface area (Å²) in [6, 6.07) is 4.11. The van der Waals surface area contributed by atoms with Gasteiger partial charge in [-0.3, -0.25) is 0 Å². The molecule has 1 aliphatic rings. The van der Waals surface area contributed by atoms with Crippen LogP contribution in [0.5, 0.6) is 0 Å². The van der Waals surface area contributed by atoms with Gasteiger partial charge in [-0.15, -0.1) is 0 Å². The summed E-state index contributed by atoms with van der Waals surface area (Å²) in [5.41, 5.74) is 5.16. The Morgan fingerprint density at radius 2 is 1.95 bits per heavy atom. The van der Waals surface area contributed by atoms with Gasteiger partial charge in [-0.25, -0.2) is 0 Å².